The molecule has 2 N–H and O–H groups in total. The first-order valence-electron chi connectivity index (χ1n) is 5.53. The standard InChI is InChI=1S/C12H16IN3/c1-3-8(2)7-16-11-5-4-9(13)6-10(11)15-12(16)14/h4-6,8H,3,7H2,1-2H3,(H2,14,15). The second-order valence-corrected chi connectivity index (χ2v) is 5.47. The zero-order chi connectivity index (χ0) is 11.7. The molecule has 3 nitrogen and oxygen atoms in total. The molecule has 86 valence electrons. The lowest BCUT2D eigenvalue weighted by atomic mass is 10.1. The van der Waals surface area contributed by atoms with Crippen molar-refractivity contribution < 1.29 is 0 Å². The first-order chi connectivity index (χ1) is 7.61. The van der Waals surface area contributed by atoms with Crippen LogP contribution in [0.5, 0.6) is 0 Å². The Bertz CT molecular complexity index is 504. The van der Waals surface area contributed by atoms with Crippen LogP contribution in [0.3, 0.4) is 0 Å². The third-order valence-corrected chi connectivity index (χ3v) is 3.60. The zero-order valence-corrected chi connectivity index (χ0v) is 11.7. The van der Waals surface area contributed by atoms with Crippen LogP contribution in [-0.2, 0) is 6.54 Å². The quantitative estimate of drug-likeness (QED) is 0.879. The Morgan fingerprint density at radius 1 is 1.50 bits per heavy atom. The van der Waals surface area contributed by atoms with Crippen molar-refractivity contribution >= 4 is 39.6 Å². The van der Waals surface area contributed by atoms with Gasteiger partial charge in [-0.25, -0.2) is 4.98 Å². The lowest BCUT2D eigenvalue weighted by molar-refractivity contribution is 0.479. The summed E-state index contributed by atoms with van der Waals surface area (Å²) in [4.78, 5) is 4.40. The second-order valence-electron chi connectivity index (χ2n) is 4.23. The van der Waals surface area contributed by atoms with Gasteiger partial charge in [-0.15, -0.1) is 0 Å². The van der Waals surface area contributed by atoms with Gasteiger partial charge in [0.05, 0.1) is 11.0 Å². The molecule has 0 bridgehead atoms. The van der Waals surface area contributed by atoms with Crippen molar-refractivity contribution in [2.75, 3.05) is 5.73 Å². The molecule has 0 radical (unpaired) electrons. The van der Waals surface area contributed by atoms with E-state index in [9.17, 15) is 0 Å². The van der Waals surface area contributed by atoms with E-state index in [1.165, 1.54) is 3.57 Å². The van der Waals surface area contributed by atoms with E-state index in [1.807, 2.05) is 0 Å². The molecule has 0 saturated heterocycles. The van der Waals surface area contributed by atoms with Crippen LogP contribution in [0.2, 0.25) is 0 Å². The van der Waals surface area contributed by atoms with E-state index in [-0.39, 0.29) is 0 Å². The average Bonchev–Trinajstić information content (AvgIpc) is 2.54. The number of fused-ring (bicyclic) bond motifs is 1. The molecule has 1 heterocycles. The summed E-state index contributed by atoms with van der Waals surface area (Å²) >= 11 is 2.29. The van der Waals surface area contributed by atoms with E-state index in [0.717, 1.165) is 24.0 Å². The maximum atomic E-state index is 5.96. The van der Waals surface area contributed by atoms with Gasteiger partial charge >= 0.3 is 0 Å². The van der Waals surface area contributed by atoms with E-state index in [0.29, 0.717) is 11.9 Å². The maximum absolute atomic E-state index is 5.96. The monoisotopic (exact) mass is 329 g/mol. The van der Waals surface area contributed by atoms with E-state index in [1.54, 1.807) is 0 Å². The third-order valence-electron chi connectivity index (χ3n) is 2.93. The van der Waals surface area contributed by atoms with E-state index < -0.39 is 0 Å². The molecule has 0 saturated carbocycles. The lowest BCUT2D eigenvalue weighted by Crippen LogP contribution is -2.09. The smallest absolute Gasteiger partial charge is 0.201 e. The molecule has 0 aliphatic rings. The molecule has 2 rings (SSSR count). The minimum Gasteiger partial charge on any atom is -0.369 e. The van der Waals surface area contributed by atoms with Crippen molar-refractivity contribution in [1.82, 2.24) is 9.55 Å². The van der Waals surface area contributed by atoms with Gasteiger partial charge in [0.1, 0.15) is 0 Å². The highest BCUT2D eigenvalue weighted by atomic mass is 127. The summed E-state index contributed by atoms with van der Waals surface area (Å²) in [6.45, 7) is 5.38. The van der Waals surface area contributed by atoms with Crippen LogP contribution >= 0.6 is 22.6 Å². The lowest BCUT2D eigenvalue weighted by Gasteiger charge is -2.11. The first-order valence-corrected chi connectivity index (χ1v) is 6.61. The van der Waals surface area contributed by atoms with Crippen molar-refractivity contribution in [1.29, 1.82) is 0 Å². The van der Waals surface area contributed by atoms with Crippen LogP contribution in [-0.4, -0.2) is 9.55 Å². The zero-order valence-electron chi connectivity index (χ0n) is 9.57. The van der Waals surface area contributed by atoms with Crippen LogP contribution < -0.4 is 5.73 Å². The molecule has 1 aromatic heterocycles. The number of benzene rings is 1. The number of nitrogen functional groups attached to an aromatic ring is 1. The Balaban J connectivity index is 2.47. The number of halogens is 1. The molecule has 4 heteroatoms. The Labute approximate surface area is 109 Å². The fourth-order valence-corrected chi connectivity index (χ4v) is 2.23. The summed E-state index contributed by atoms with van der Waals surface area (Å²) in [5, 5.41) is 0. The summed E-state index contributed by atoms with van der Waals surface area (Å²) in [6.07, 6.45) is 1.16. The summed E-state index contributed by atoms with van der Waals surface area (Å²) < 4.78 is 3.30. The molecule has 0 aliphatic heterocycles. The van der Waals surface area contributed by atoms with Crippen LogP contribution in [0.1, 0.15) is 20.3 Å². The van der Waals surface area contributed by atoms with Crippen LogP contribution in [0, 0.1) is 9.49 Å². The number of nitrogens with zero attached hydrogens (tertiary/aromatic N) is 2. The largest absolute Gasteiger partial charge is 0.369 e. The van der Waals surface area contributed by atoms with Crippen molar-refractivity contribution in [3.05, 3.63) is 21.8 Å². The highest BCUT2D eigenvalue weighted by Gasteiger charge is 2.10. The second kappa shape index (κ2) is 4.61. The molecule has 0 spiro atoms. The van der Waals surface area contributed by atoms with Crippen molar-refractivity contribution in [2.45, 2.75) is 26.8 Å². The summed E-state index contributed by atoms with van der Waals surface area (Å²) in [5.41, 5.74) is 8.09. The molecule has 0 fully saturated rings. The van der Waals surface area contributed by atoms with Gasteiger partial charge in [0.25, 0.3) is 0 Å². The molecule has 0 aliphatic carbocycles. The molecule has 1 atom stereocenters. The van der Waals surface area contributed by atoms with Crippen LogP contribution in [0.15, 0.2) is 18.2 Å². The van der Waals surface area contributed by atoms with Gasteiger partial charge in [0, 0.05) is 10.1 Å². The minimum absolute atomic E-state index is 0.622. The predicted molar refractivity (Wildman–Crippen MR) is 76.3 cm³/mol. The maximum Gasteiger partial charge on any atom is 0.201 e. The normalized spacial score (nSPS) is 13.2. The van der Waals surface area contributed by atoms with Crippen LogP contribution in [0.25, 0.3) is 11.0 Å². The number of rotatable bonds is 3. The van der Waals surface area contributed by atoms with Crippen molar-refractivity contribution in [3.63, 3.8) is 0 Å². The SMILES string of the molecule is CCC(C)Cn1c(N)nc2cc(I)ccc21. The molecule has 2 aromatic rings. The van der Waals surface area contributed by atoms with Gasteiger partial charge in [-0.3, -0.25) is 0 Å². The Morgan fingerprint density at radius 3 is 2.94 bits per heavy atom. The molecule has 1 aromatic carbocycles. The fraction of sp³-hybridized carbons (Fsp3) is 0.417. The number of imidazole rings is 1. The number of anilines is 1. The minimum atomic E-state index is 0.622. The van der Waals surface area contributed by atoms with E-state index >= 15 is 0 Å². The number of hydrogen-bond acceptors (Lipinski definition) is 2. The van der Waals surface area contributed by atoms with Crippen LogP contribution in [0.4, 0.5) is 5.95 Å². The Morgan fingerprint density at radius 2 is 2.25 bits per heavy atom. The van der Waals surface area contributed by atoms with Gasteiger partial charge in [-0.1, -0.05) is 20.3 Å². The summed E-state index contributed by atoms with van der Waals surface area (Å²) in [6, 6.07) is 6.26. The molecule has 1 unspecified atom stereocenters. The Kier molecular flexibility index (Phi) is 3.37. The number of hydrogen-bond donors (Lipinski definition) is 1. The Hall–Kier alpha value is -0.780. The third kappa shape index (κ3) is 2.16. The number of aromatic nitrogens is 2. The summed E-state index contributed by atoms with van der Waals surface area (Å²) in [5.74, 6) is 1.25. The molecular weight excluding hydrogens is 313 g/mol. The molecular formula is C12H16IN3. The first kappa shape index (κ1) is 11.7. The van der Waals surface area contributed by atoms with Gasteiger partial charge in [0.2, 0.25) is 5.95 Å². The van der Waals surface area contributed by atoms with Crippen molar-refractivity contribution in [3.8, 4) is 0 Å². The van der Waals surface area contributed by atoms with Gasteiger partial charge in [0.15, 0.2) is 0 Å². The molecule has 16 heavy (non-hydrogen) atoms. The van der Waals surface area contributed by atoms with Crippen molar-refractivity contribution in [2.24, 2.45) is 5.92 Å². The van der Waals surface area contributed by atoms with Gasteiger partial charge in [-0.05, 0) is 46.7 Å². The van der Waals surface area contributed by atoms with E-state index in [4.69, 9.17) is 5.73 Å². The predicted octanol–water partition coefficient (Wildman–Crippen LogP) is 3.27. The highest BCUT2D eigenvalue weighted by Crippen LogP contribution is 2.21. The number of nitrogens with two attached hydrogens (primary N) is 1. The van der Waals surface area contributed by atoms with E-state index in [2.05, 4.69) is 64.2 Å². The average molecular weight is 329 g/mol. The topological polar surface area (TPSA) is 43.8 Å². The fourth-order valence-electron chi connectivity index (χ4n) is 1.75. The highest BCUT2D eigenvalue weighted by molar-refractivity contribution is 14.1. The van der Waals surface area contributed by atoms with Gasteiger partial charge in [-0.2, -0.15) is 0 Å². The van der Waals surface area contributed by atoms with Gasteiger partial charge < -0.3 is 10.3 Å². The summed E-state index contributed by atoms with van der Waals surface area (Å²) in [7, 11) is 0. The molecule has 0 amide bonds.